The fraction of sp³-hybridized carbons (Fsp3) is 0.290. The van der Waals surface area contributed by atoms with Crippen molar-refractivity contribution in [3.8, 4) is 39.6 Å². The van der Waals surface area contributed by atoms with Gasteiger partial charge in [0.1, 0.15) is 5.82 Å². The van der Waals surface area contributed by atoms with Gasteiger partial charge in [0.25, 0.3) is 0 Å². The molecule has 1 aliphatic rings. The van der Waals surface area contributed by atoms with Gasteiger partial charge in [-0.2, -0.15) is 6.07 Å². The number of allylic oxidation sites excluding steroid dienone is 2. The summed E-state index contributed by atoms with van der Waals surface area (Å²) in [7, 11) is 0. The average Bonchev–Trinajstić information content (AvgIpc) is 3.87. The van der Waals surface area contributed by atoms with Crippen molar-refractivity contribution in [3.05, 3.63) is 187 Å². The minimum Gasteiger partial charge on any atom is -0.509 e. The van der Waals surface area contributed by atoms with Crippen LogP contribution in [0.15, 0.2) is 151 Å². The Labute approximate surface area is 420 Å². The molecule has 0 atom stereocenters. The van der Waals surface area contributed by atoms with Crippen LogP contribution in [0.4, 0.5) is 11.4 Å². The zero-order chi connectivity index (χ0) is 47.6. The molecule has 0 fully saturated rings. The number of para-hydroxylation sites is 1. The first-order valence-corrected chi connectivity index (χ1v) is 23.9. The molecule has 9 rings (SSSR count). The van der Waals surface area contributed by atoms with Crippen molar-refractivity contribution in [2.24, 2.45) is 10.8 Å². The molecule has 0 spiro atoms. The molecule has 0 aliphatic carbocycles. The van der Waals surface area contributed by atoms with E-state index in [9.17, 15) is 0 Å². The van der Waals surface area contributed by atoms with Gasteiger partial charge in [-0.1, -0.05) is 174 Å². The number of hydrogen-bond acceptors (Lipinski definition) is 4. The SMILES string of the molecule is CC(C)c1cccc(C(C)C)c1-c1ccc(N2[CH-]N(c3[c-]c(Oc4[c-]c5c(cc4)c4ccccc4n5-c4cc(C(C)(C)C)ccn4)cc(-c4ccccc4)c3)C(C(C)(C)C)=C2C(C)(C)C)cc1.[Pt]. The molecule has 0 unspecified atom stereocenters. The third-order valence-corrected chi connectivity index (χ3v) is 13.0. The van der Waals surface area contributed by atoms with E-state index >= 15 is 0 Å². The summed E-state index contributed by atoms with van der Waals surface area (Å²) in [4.78, 5) is 9.65. The van der Waals surface area contributed by atoms with Gasteiger partial charge in [-0.25, -0.2) is 4.98 Å². The largest absolute Gasteiger partial charge is 0.509 e. The number of pyridine rings is 1. The van der Waals surface area contributed by atoms with Crippen LogP contribution in [0.1, 0.15) is 119 Å². The Morgan fingerprint density at radius 3 is 1.81 bits per heavy atom. The standard InChI is InChI=1S/C62H65N4O.Pt/c1-40(2)50-23-19-24-51(41(3)4)57(50)43-26-28-46(29-27-43)64-39-65(59(62(11,12)13)58(64)61(8,9)10)47-34-44(42-20-15-14-16-21-42)35-49(37-47)67-48-30-31-53-52-22-17-18-25-54(52)66(55(53)38-48)56-36-45(32-33-63-56)60(5,6)7;/h14-36,39-41H,1-13H3;/q-3;. The Morgan fingerprint density at radius 2 is 1.18 bits per heavy atom. The van der Waals surface area contributed by atoms with E-state index in [1.165, 1.54) is 39.2 Å². The minimum absolute atomic E-state index is 0. The Balaban J connectivity index is 0.00000625. The van der Waals surface area contributed by atoms with Crippen molar-refractivity contribution < 1.29 is 25.8 Å². The number of anilines is 2. The molecule has 0 saturated carbocycles. The molecule has 0 bridgehead atoms. The van der Waals surface area contributed by atoms with E-state index in [0.717, 1.165) is 50.1 Å². The van der Waals surface area contributed by atoms with Crippen molar-refractivity contribution >= 4 is 33.2 Å². The Hall–Kier alpha value is -5.90. The van der Waals surface area contributed by atoms with Gasteiger partial charge in [0.2, 0.25) is 0 Å². The van der Waals surface area contributed by atoms with Crippen LogP contribution in [0, 0.1) is 29.6 Å². The van der Waals surface area contributed by atoms with Gasteiger partial charge in [0.15, 0.2) is 0 Å². The molecule has 3 heterocycles. The third kappa shape index (κ3) is 9.32. The second kappa shape index (κ2) is 18.5. The molecule has 0 saturated heterocycles. The molecule has 6 heteroatoms. The summed E-state index contributed by atoms with van der Waals surface area (Å²) in [6.07, 6.45) is 1.91. The molecule has 352 valence electrons. The van der Waals surface area contributed by atoms with Crippen molar-refractivity contribution in [2.75, 3.05) is 9.80 Å². The number of benzene rings is 6. The van der Waals surface area contributed by atoms with Gasteiger partial charge in [0.05, 0.1) is 0 Å². The molecular weight excluding hydrogens is 1010 g/mol. The Morgan fingerprint density at radius 1 is 0.544 bits per heavy atom. The maximum Gasteiger partial charge on any atom is 0.135 e. The molecular formula is C62H65N4OPt-3. The van der Waals surface area contributed by atoms with E-state index in [1.54, 1.807) is 0 Å². The molecule has 2 aromatic heterocycles. The van der Waals surface area contributed by atoms with Crippen LogP contribution in [-0.4, -0.2) is 9.55 Å². The number of hydrogen-bond donors (Lipinski definition) is 0. The Bertz CT molecular complexity index is 3110. The van der Waals surface area contributed by atoms with Crippen LogP contribution in [0.5, 0.6) is 11.5 Å². The maximum atomic E-state index is 6.93. The summed E-state index contributed by atoms with van der Waals surface area (Å²) < 4.78 is 9.14. The van der Waals surface area contributed by atoms with Crippen LogP contribution in [0.2, 0.25) is 0 Å². The summed E-state index contributed by atoms with van der Waals surface area (Å²) >= 11 is 0. The monoisotopic (exact) mass is 1080 g/mol. The van der Waals surface area contributed by atoms with Gasteiger partial charge in [-0.15, -0.1) is 53.6 Å². The molecule has 68 heavy (non-hydrogen) atoms. The van der Waals surface area contributed by atoms with Crippen LogP contribution < -0.4 is 14.5 Å². The van der Waals surface area contributed by atoms with Crippen molar-refractivity contribution in [3.63, 3.8) is 0 Å². The molecule has 6 aromatic carbocycles. The van der Waals surface area contributed by atoms with Crippen molar-refractivity contribution in [1.29, 1.82) is 0 Å². The number of rotatable bonds is 9. The topological polar surface area (TPSA) is 33.5 Å². The third-order valence-electron chi connectivity index (χ3n) is 13.0. The summed E-state index contributed by atoms with van der Waals surface area (Å²) in [5.74, 6) is 2.89. The van der Waals surface area contributed by atoms with Gasteiger partial charge in [-0.3, -0.25) is 0 Å². The molecule has 8 aromatic rings. The van der Waals surface area contributed by atoms with Crippen LogP contribution in [-0.2, 0) is 26.5 Å². The number of fused-ring (bicyclic) bond motifs is 3. The number of aromatic nitrogens is 2. The zero-order valence-corrected chi connectivity index (χ0v) is 44.3. The van der Waals surface area contributed by atoms with E-state index in [1.807, 2.05) is 12.3 Å². The number of ether oxygens (including phenoxy) is 1. The van der Waals surface area contributed by atoms with Gasteiger partial charge < -0.3 is 19.1 Å². The summed E-state index contributed by atoms with van der Waals surface area (Å²) in [6, 6.07) is 55.4. The predicted molar refractivity (Wildman–Crippen MR) is 282 cm³/mol. The van der Waals surface area contributed by atoms with Crippen molar-refractivity contribution in [1.82, 2.24) is 9.55 Å². The van der Waals surface area contributed by atoms with Gasteiger partial charge in [0, 0.05) is 72.2 Å². The first kappa shape index (κ1) is 48.6. The zero-order valence-electron chi connectivity index (χ0n) is 42.0. The molecule has 0 amide bonds. The molecule has 1 aliphatic heterocycles. The predicted octanol–water partition coefficient (Wildman–Crippen LogP) is 17.2. The molecule has 5 nitrogen and oxygen atoms in total. The first-order valence-electron chi connectivity index (χ1n) is 23.9. The van der Waals surface area contributed by atoms with Crippen LogP contribution >= 0.6 is 0 Å². The Kier molecular flexibility index (Phi) is 13.2. The average molecular weight is 1080 g/mol. The molecule has 0 N–H and O–H groups in total. The van der Waals surface area contributed by atoms with Crippen molar-refractivity contribution in [2.45, 2.75) is 107 Å². The van der Waals surface area contributed by atoms with E-state index in [4.69, 9.17) is 9.72 Å². The van der Waals surface area contributed by atoms with E-state index < -0.39 is 0 Å². The summed E-state index contributed by atoms with van der Waals surface area (Å²) in [5.41, 5.74) is 14.7. The van der Waals surface area contributed by atoms with Crippen LogP contribution in [0.25, 0.3) is 49.9 Å². The summed E-state index contributed by atoms with van der Waals surface area (Å²) in [5, 5.41) is 2.23. The number of nitrogens with zero attached hydrogens (tertiary/aromatic N) is 4. The minimum atomic E-state index is -0.238. The second-order valence-corrected chi connectivity index (χ2v) is 21.9. The second-order valence-electron chi connectivity index (χ2n) is 21.9. The quantitative estimate of drug-likeness (QED) is 0.135. The van der Waals surface area contributed by atoms with Crippen LogP contribution in [0.3, 0.4) is 0 Å². The smallest absolute Gasteiger partial charge is 0.135 e. The van der Waals surface area contributed by atoms with E-state index in [2.05, 4.69) is 251 Å². The fourth-order valence-corrected chi connectivity index (χ4v) is 9.75. The fourth-order valence-electron chi connectivity index (χ4n) is 9.75. The first-order chi connectivity index (χ1) is 31.8. The normalized spacial score (nSPS) is 13.6. The summed E-state index contributed by atoms with van der Waals surface area (Å²) in [6.45, 7) is 32.0. The van der Waals surface area contributed by atoms with E-state index in [-0.39, 0.29) is 37.3 Å². The molecule has 0 radical (unpaired) electrons. The van der Waals surface area contributed by atoms with Gasteiger partial charge >= 0.3 is 0 Å². The van der Waals surface area contributed by atoms with E-state index in [0.29, 0.717) is 23.3 Å². The maximum absolute atomic E-state index is 6.93. The van der Waals surface area contributed by atoms with Gasteiger partial charge in [-0.05, 0) is 86.3 Å².